The Bertz CT molecular complexity index is 1670. The number of hydrogen-bond donors (Lipinski definition) is 2. The van der Waals surface area contributed by atoms with E-state index >= 15 is 0 Å². The summed E-state index contributed by atoms with van der Waals surface area (Å²) in [6.45, 7) is 10.3. The van der Waals surface area contributed by atoms with Gasteiger partial charge in [-0.1, -0.05) is 26.0 Å². The lowest BCUT2D eigenvalue weighted by Gasteiger charge is -2.22. The minimum Gasteiger partial charge on any atom is -0.446 e. The minimum atomic E-state index is -2.57. The zero-order valence-corrected chi connectivity index (χ0v) is 22.9. The van der Waals surface area contributed by atoms with E-state index < -0.39 is 18.0 Å². The van der Waals surface area contributed by atoms with Gasteiger partial charge < -0.3 is 15.1 Å². The van der Waals surface area contributed by atoms with Crippen molar-refractivity contribution in [3.63, 3.8) is 0 Å². The second kappa shape index (κ2) is 9.87. The third-order valence-corrected chi connectivity index (χ3v) is 6.96. The highest BCUT2D eigenvalue weighted by Gasteiger charge is 2.54. The molecule has 4 aromatic rings. The summed E-state index contributed by atoms with van der Waals surface area (Å²) in [4.78, 5) is 8.92. The molecule has 0 bridgehead atoms. The number of nitriles is 2. The number of benzene rings is 1. The maximum absolute atomic E-state index is 13.8. The molecular weight excluding hydrogens is 516 g/mol. The number of hydrogen-bond acceptors (Lipinski definition) is 9. The Morgan fingerprint density at radius 3 is 2.45 bits per heavy atom. The van der Waals surface area contributed by atoms with E-state index in [4.69, 9.17) is 4.42 Å². The van der Waals surface area contributed by atoms with E-state index in [1.807, 2.05) is 0 Å². The highest BCUT2D eigenvalue weighted by molar-refractivity contribution is 5.99. The van der Waals surface area contributed by atoms with Crippen LogP contribution in [-0.2, 0) is 5.54 Å². The van der Waals surface area contributed by atoms with Crippen LogP contribution in [0.25, 0.3) is 10.9 Å². The van der Waals surface area contributed by atoms with E-state index in [0.717, 1.165) is 0 Å². The highest BCUT2D eigenvalue weighted by atomic mass is 19.3. The van der Waals surface area contributed by atoms with Gasteiger partial charge >= 0.3 is 0 Å². The predicted octanol–water partition coefficient (Wildman–Crippen LogP) is 5.59. The number of aromatic nitrogens is 5. The van der Waals surface area contributed by atoms with Crippen molar-refractivity contribution in [3.05, 3.63) is 58.7 Å². The van der Waals surface area contributed by atoms with Gasteiger partial charge in [0.05, 0.1) is 28.5 Å². The molecule has 206 valence electrons. The van der Waals surface area contributed by atoms with Gasteiger partial charge in [0, 0.05) is 30.7 Å². The third kappa shape index (κ3) is 4.93. The maximum atomic E-state index is 13.8. The van der Waals surface area contributed by atoms with Crippen molar-refractivity contribution in [2.24, 2.45) is 5.41 Å². The lowest BCUT2D eigenvalue weighted by atomic mass is 9.96. The molecular formula is C28H29F2N9O. The summed E-state index contributed by atoms with van der Waals surface area (Å²) in [6.07, 6.45) is 1.05. The molecule has 1 unspecified atom stereocenters. The first kappa shape index (κ1) is 27.0. The number of pyridine rings is 1. The lowest BCUT2D eigenvalue weighted by molar-refractivity contribution is 0.0593. The molecule has 3 aromatic heterocycles. The van der Waals surface area contributed by atoms with Gasteiger partial charge in [0.1, 0.15) is 40.9 Å². The van der Waals surface area contributed by atoms with Crippen molar-refractivity contribution in [1.29, 1.82) is 10.5 Å². The number of nitrogens with one attached hydrogen (secondary N) is 2. The first-order valence-electron chi connectivity index (χ1n) is 12.9. The van der Waals surface area contributed by atoms with Crippen molar-refractivity contribution >= 4 is 22.3 Å². The molecule has 5 rings (SSSR count). The molecule has 0 spiro atoms. The van der Waals surface area contributed by atoms with Crippen LogP contribution in [-0.4, -0.2) is 37.9 Å². The topological polar surface area (TPSA) is 141 Å². The quantitative estimate of drug-likeness (QED) is 0.290. The van der Waals surface area contributed by atoms with Crippen LogP contribution in [0.2, 0.25) is 0 Å². The number of nitrogens with zero attached hydrogens (tertiary/aromatic N) is 7. The molecule has 1 fully saturated rings. The van der Waals surface area contributed by atoms with Crippen LogP contribution in [0.15, 0.2) is 28.9 Å². The van der Waals surface area contributed by atoms with Crippen LogP contribution in [0.1, 0.15) is 73.8 Å². The molecule has 2 N–H and O–H groups in total. The van der Waals surface area contributed by atoms with Crippen LogP contribution >= 0.6 is 0 Å². The van der Waals surface area contributed by atoms with Crippen LogP contribution in [0, 0.1) is 41.9 Å². The Morgan fingerprint density at radius 1 is 1.15 bits per heavy atom. The zero-order chi connectivity index (χ0) is 28.8. The molecule has 1 saturated carbocycles. The Morgan fingerprint density at radius 2 is 1.88 bits per heavy atom. The number of anilines is 2. The van der Waals surface area contributed by atoms with Crippen molar-refractivity contribution in [3.8, 4) is 12.1 Å². The Hall–Kier alpha value is -4.58. The molecule has 10 nitrogen and oxygen atoms in total. The molecule has 1 aliphatic carbocycles. The summed E-state index contributed by atoms with van der Waals surface area (Å²) in [5.74, 6) is 0.965. The predicted molar refractivity (Wildman–Crippen MR) is 144 cm³/mol. The molecule has 1 aromatic carbocycles. The monoisotopic (exact) mass is 545 g/mol. The first-order chi connectivity index (χ1) is 19.0. The summed E-state index contributed by atoms with van der Waals surface area (Å²) >= 11 is 0. The van der Waals surface area contributed by atoms with E-state index in [2.05, 4.69) is 63.8 Å². The molecule has 12 heteroatoms. The molecule has 0 amide bonds. The minimum absolute atomic E-state index is 0.0767. The summed E-state index contributed by atoms with van der Waals surface area (Å²) in [5, 5.41) is 35.4. The fourth-order valence-electron chi connectivity index (χ4n) is 4.66. The van der Waals surface area contributed by atoms with Gasteiger partial charge in [0.25, 0.3) is 6.43 Å². The lowest BCUT2D eigenvalue weighted by Crippen LogP contribution is -2.26. The Balaban J connectivity index is 1.62. The number of alkyl halides is 2. The average Bonchev–Trinajstić information content (AvgIpc) is 3.45. The average molecular weight is 546 g/mol. The Kier molecular flexibility index (Phi) is 6.66. The third-order valence-electron chi connectivity index (χ3n) is 6.96. The summed E-state index contributed by atoms with van der Waals surface area (Å²) in [7, 11) is 0. The summed E-state index contributed by atoms with van der Waals surface area (Å²) in [5.41, 5.74) is 1.67. The maximum Gasteiger partial charge on any atom is 0.263 e. The molecule has 1 aliphatic rings. The molecule has 40 heavy (non-hydrogen) atoms. The van der Waals surface area contributed by atoms with Crippen LogP contribution in [0.3, 0.4) is 0 Å². The summed E-state index contributed by atoms with van der Waals surface area (Å²) in [6, 6.07) is 7.11. The van der Waals surface area contributed by atoms with Crippen molar-refractivity contribution in [2.75, 3.05) is 17.2 Å². The molecule has 0 aliphatic heterocycles. The van der Waals surface area contributed by atoms with Gasteiger partial charge in [-0.05, 0) is 37.3 Å². The van der Waals surface area contributed by atoms with Crippen LogP contribution < -0.4 is 10.6 Å². The van der Waals surface area contributed by atoms with Gasteiger partial charge in [-0.15, -0.1) is 5.10 Å². The van der Waals surface area contributed by atoms with E-state index in [-0.39, 0.29) is 5.41 Å². The highest BCUT2D eigenvalue weighted by Crippen LogP contribution is 2.48. The van der Waals surface area contributed by atoms with Gasteiger partial charge in [0.2, 0.25) is 0 Å². The number of fused-ring (bicyclic) bond motifs is 1. The summed E-state index contributed by atoms with van der Waals surface area (Å²) < 4.78 is 34.5. The largest absolute Gasteiger partial charge is 0.446 e. The first-order valence-corrected chi connectivity index (χ1v) is 12.9. The standard InChI is InChI=1S/C28H29F2N9O/c1-15-22(35-16(2)40-15)25(21-13-39(38-37-21)28(6-7-28)26(29)30)36-19-8-17(10-31)23-20(9-19)24(18(11-32)12-33-23)34-14-27(3,4)5/h8-9,12-13,25-26,36H,6-7,14H2,1-5H3,(H,33,34). The number of oxazole rings is 1. The molecule has 0 radical (unpaired) electrons. The molecule has 3 heterocycles. The fraction of sp³-hybridized carbons (Fsp3) is 0.429. The van der Waals surface area contributed by atoms with E-state index in [1.54, 1.807) is 26.0 Å². The van der Waals surface area contributed by atoms with Crippen molar-refractivity contribution in [2.45, 2.75) is 65.5 Å². The van der Waals surface area contributed by atoms with E-state index in [9.17, 15) is 19.3 Å². The Labute approximate surface area is 230 Å². The molecule has 0 saturated heterocycles. The number of rotatable bonds is 8. The second-order valence-corrected chi connectivity index (χ2v) is 11.3. The van der Waals surface area contributed by atoms with Crippen molar-refractivity contribution < 1.29 is 13.2 Å². The zero-order valence-electron chi connectivity index (χ0n) is 22.9. The van der Waals surface area contributed by atoms with Gasteiger partial charge in [-0.25, -0.2) is 18.4 Å². The van der Waals surface area contributed by atoms with Crippen LogP contribution in [0.5, 0.6) is 0 Å². The number of halogens is 2. The van der Waals surface area contributed by atoms with Gasteiger partial charge in [0.15, 0.2) is 5.89 Å². The van der Waals surface area contributed by atoms with Crippen molar-refractivity contribution in [1.82, 2.24) is 25.0 Å². The normalized spacial score (nSPS) is 15.1. The van der Waals surface area contributed by atoms with E-state index in [1.165, 1.54) is 17.1 Å². The molecule has 1 atom stereocenters. The van der Waals surface area contributed by atoms with Crippen LogP contribution in [0.4, 0.5) is 20.2 Å². The van der Waals surface area contributed by atoms with E-state index in [0.29, 0.717) is 75.8 Å². The smallest absolute Gasteiger partial charge is 0.263 e. The number of aryl methyl sites for hydroxylation is 2. The second-order valence-electron chi connectivity index (χ2n) is 11.3. The van der Waals surface area contributed by atoms with Gasteiger partial charge in [-0.3, -0.25) is 4.98 Å². The fourth-order valence-corrected chi connectivity index (χ4v) is 4.66. The van der Waals surface area contributed by atoms with Gasteiger partial charge in [-0.2, -0.15) is 10.5 Å². The SMILES string of the molecule is Cc1nc(C(Nc2cc(C#N)c3ncc(C#N)c(NCC(C)(C)C)c3c2)c2cn(C3(C(F)F)CC3)nn2)c(C)o1.